The molecule has 2 aromatic heterocycles. The summed E-state index contributed by atoms with van der Waals surface area (Å²) in [5.41, 5.74) is 7.74. The largest absolute Gasteiger partial charge is 0.361 e. The van der Waals surface area contributed by atoms with E-state index in [2.05, 4.69) is 81.0 Å². The van der Waals surface area contributed by atoms with Crippen LogP contribution in [0.4, 0.5) is 11.4 Å². The molecule has 3 N–H and O–H groups in total. The fraction of sp³-hybridized carbons (Fsp3) is 0.267. The number of nitriles is 1. The zero-order valence-corrected chi connectivity index (χ0v) is 20.7. The number of anilines is 2. The van der Waals surface area contributed by atoms with E-state index < -0.39 is 0 Å². The van der Waals surface area contributed by atoms with Crippen LogP contribution >= 0.6 is 0 Å². The number of likely N-dealkylation sites (tertiary alicyclic amines) is 1. The lowest BCUT2D eigenvalue weighted by atomic mass is 10.1. The maximum absolute atomic E-state index is 9.73. The van der Waals surface area contributed by atoms with E-state index in [1.54, 1.807) is 12.4 Å². The molecule has 1 fully saturated rings. The first kappa shape index (κ1) is 23.8. The van der Waals surface area contributed by atoms with Crippen LogP contribution in [0, 0.1) is 18.3 Å². The first-order valence-electron chi connectivity index (χ1n) is 12.6. The standard InChI is InChI=1S/C30H32N6/c1-22-27-12-13-34-29(27)11-10-28(22)35-30-25(20-33-21-26(30)18-31)9-8-23-4-6-24(7-5-23)19-32-14-17-36-15-2-3-16-36/h4-13,20-21,32,34H,2-3,14-17,19H2,1H3,(H,33,35). The van der Waals surface area contributed by atoms with E-state index in [9.17, 15) is 5.26 Å². The van der Waals surface area contributed by atoms with Gasteiger partial charge >= 0.3 is 0 Å². The lowest BCUT2D eigenvalue weighted by Gasteiger charge is -2.14. The number of aryl methyl sites for hydroxylation is 1. The van der Waals surface area contributed by atoms with Gasteiger partial charge in [0.25, 0.3) is 0 Å². The van der Waals surface area contributed by atoms with Crippen molar-refractivity contribution < 1.29 is 0 Å². The SMILES string of the molecule is Cc1c(Nc2c(C#N)cncc2C=Cc2ccc(CNCCN3CCCC3)cc2)ccc2[nH]ccc12. The van der Waals surface area contributed by atoms with Crippen LogP contribution in [0.25, 0.3) is 23.1 Å². The number of nitrogens with one attached hydrogen (secondary N) is 3. The lowest BCUT2D eigenvalue weighted by Crippen LogP contribution is -2.29. The van der Waals surface area contributed by atoms with Crippen molar-refractivity contribution in [3.8, 4) is 6.07 Å². The van der Waals surface area contributed by atoms with Crippen molar-refractivity contribution in [2.75, 3.05) is 31.5 Å². The maximum Gasteiger partial charge on any atom is 0.103 e. The lowest BCUT2D eigenvalue weighted by molar-refractivity contribution is 0.335. The van der Waals surface area contributed by atoms with Crippen LogP contribution in [-0.2, 0) is 6.54 Å². The van der Waals surface area contributed by atoms with Crippen molar-refractivity contribution in [3.05, 3.63) is 88.9 Å². The third kappa shape index (κ3) is 5.49. The monoisotopic (exact) mass is 476 g/mol. The number of fused-ring (bicyclic) bond motifs is 1. The first-order valence-corrected chi connectivity index (χ1v) is 12.6. The fourth-order valence-corrected chi connectivity index (χ4v) is 4.79. The number of benzene rings is 2. The summed E-state index contributed by atoms with van der Waals surface area (Å²) in [6, 6.07) is 17.0. The highest BCUT2D eigenvalue weighted by Gasteiger charge is 2.12. The molecule has 0 spiro atoms. The molecule has 0 amide bonds. The van der Waals surface area contributed by atoms with Gasteiger partial charge in [0.15, 0.2) is 0 Å². The van der Waals surface area contributed by atoms with Gasteiger partial charge in [-0.3, -0.25) is 4.98 Å². The average molecular weight is 477 g/mol. The van der Waals surface area contributed by atoms with Crippen molar-refractivity contribution in [1.29, 1.82) is 5.26 Å². The molecule has 0 atom stereocenters. The summed E-state index contributed by atoms with van der Waals surface area (Å²) in [5.74, 6) is 0. The highest BCUT2D eigenvalue weighted by Crippen LogP contribution is 2.31. The number of hydrogen-bond donors (Lipinski definition) is 3. The molecule has 0 bridgehead atoms. The molecule has 4 aromatic rings. The number of hydrogen-bond acceptors (Lipinski definition) is 5. The van der Waals surface area contributed by atoms with Crippen LogP contribution in [0.1, 0.15) is 40.7 Å². The predicted octanol–water partition coefficient (Wildman–Crippen LogP) is 5.84. The Morgan fingerprint density at radius 2 is 1.89 bits per heavy atom. The average Bonchev–Trinajstić information content (AvgIpc) is 3.61. The minimum Gasteiger partial charge on any atom is -0.361 e. The molecule has 1 saturated heterocycles. The van der Waals surface area contributed by atoms with Gasteiger partial charge in [-0.15, -0.1) is 0 Å². The molecule has 0 aliphatic carbocycles. The predicted molar refractivity (Wildman–Crippen MR) is 148 cm³/mol. The summed E-state index contributed by atoms with van der Waals surface area (Å²) in [7, 11) is 0. The fourth-order valence-electron chi connectivity index (χ4n) is 4.79. The molecule has 5 rings (SSSR count). The van der Waals surface area contributed by atoms with Gasteiger partial charge in [0, 0.05) is 60.4 Å². The van der Waals surface area contributed by atoms with Crippen LogP contribution < -0.4 is 10.6 Å². The summed E-state index contributed by atoms with van der Waals surface area (Å²) in [6.07, 6.45) is 12.1. The Morgan fingerprint density at radius 3 is 2.69 bits per heavy atom. The Morgan fingerprint density at radius 1 is 1.06 bits per heavy atom. The van der Waals surface area contributed by atoms with Gasteiger partial charge in [-0.05, 0) is 67.7 Å². The number of nitrogens with zero attached hydrogens (tertiary/aromatic N) is 3. The van der Waals surface area contributed by atoms with Gasteiger partial charge < -0.3 is 20.5 Å². The quantitative estimate of drug-likeness (QED) is 0.264. The van der Waals surface area contributed by atoms with Gasteiger partial charge in [-0.1, -0.05) is 36.4 Å². The van der Waals surface area contributed by atoms with Gasteiger partial charge in [-0.2, -0.15) is 5.26 Å². The Hall–Kier alpha value is -3.92. The van der Waals surface area contributed by atoms with Crippen molar-refractivity contribution in [1.82, 2.24) is 20.2 Å². The molecule has 0 unspecified atom stereocenters. The molecule has 1 aliphatic rings. The number of H-pyrrole nitrogens is 1. The molecule has 2 aromatic carbocycles. The molecule has 0 saturated carbocycles. The zero-order valence-electron chi connectivity index (χ0n) is 20.7. The first-order chi connectivity index (χ1) is 17.7. The van der Waals surface area contributed by atoms with Crippen LogP contribution in [0.3, 0.4) is 0 Å². The molecule has 3 heterocycles. The zero-order chi connectivity index (χ0) is 24.7. The van der Waals surface area contributed by atoms with E-state index in [1.165, 1.54) is 31.5 Å². The Bertz CT molecular complexity index is 1390. The number of rotatable bonds is 9. The van der Waals surface area contributed by atoms with Crippen LogP contribution in [-0.4, -0.2) is 41.0 Å². The van der Waals surface area contributed by atoms with E-state index in [0.717, 1.165) is 58.6 Å². The molecule has 0 radical (unpaired) electrons. The highest BCUT2D eigenvalue weighted by atomic mass is 15.1. The summed E-state index contributed by atoms with van der Waals surface area (Å²) >= 11 is 0. The van der Waals surface area contributed by atoms with E-state index in [-0.39, 0.29) is 0 Å². The number of aromatic amines is 1. The van der Waals surface area contributed by atoms with Crippen molar-refractivity contribution in [2.24, 2.45) is 0 Å². The van der Waals surface area contributed by atoms with Crippen molar-refractivity contribution in [2.45, 2.75) is 26.3 Å². The second-order valence-corrected chi connectivity index (χ2v) is 9.37. The summed E-state index contributed by atoms with van der Waals surface area (Å²) in [4.78, 5) is 10.1. The summed E-state index contributed by atoms with van der Waals surface area (Å²) < 4.78 is 0. The minimum absolute atomic E-state index is 0.515. The molecule has 6 heteroatoms. The van der Waals surface area contributed by atoms with Crippen LogP contribution in [0.2, 0.25) is 0 Å². The number of pyridine rings is 1. The Kier molecular flexibility index (Phi) is 7.41. The molecule has 36 heavy (non-hydrogen) atoms. The van der Waals surface area contributed by atoms with E-state index in [0.29, 0.717) is 5.56 Å². The molecule has 182 valence electrons. The highest BCUT2D eigenvalue weighted by molar-refractivity contribution is 5.90. The topological polar surface area (TPSA) is 79.8 Å². The third-order valence-corrected chi connectivity index (χ3v) is 6.93. The normalized spacial score (nSPS) is 14.0. The maximum atomic E-state index is 9.73. The second-order valence-electron chi connectivity index (χ2n) is 9.37. The van der Waals surface area contributed by atoms with Crippen LogP contribution in [0.15, 0.2) is 61.1 Å². The smallest absolute Gasteiger partial charge is 0.103 e. The van der Waals surface area contributed by atoms with E-state index >= 15 is 0 Å². The van der Waals surface area contributed by atoms with Crippen molar-refractivity contribution >= 4 is 34.4 Å². The number of aromatic nitrogens is 2. The Balaban J connectivity index is 1.27. The Labute approximate surface area is 212 Å². The third-order valence-electron chi connectivity index (χ3n) is 6.93. The molecular weight excluding hydrogens is 444 g/mol. The van der Waals surface area contributed by atoms with E-state index in [1.807, 2.05) is 18.3 Å². The van der Waals surface area contributed by atoms with Crippen molar-refractivity contribution in [3.63, 3.8) is 0 Å². The molecule has 1 aliphatic heterocycles. The van der Waals surface area contributed by atoms with E-state index in [4.69, 9.17) is 0 Å². The minimum atomic E-state index is 0.515. The van der Waals surface area contributed by atoms with Gasteiger partial charge in [0.1, 0.15) is 6.07 Å². The van der Waals surface area contributed by atoms with Gasteiger partial charge in [0.2, 0.25) is 0 Å². The summed E-state index contributed by atoms with van der Waals surface area (Å²) in [6.45, 7) is 7.61. The van der Waals surface area contributed by atoms with Gasteiger partial charge in [-0.25, -0.2) is 0 Å². The molecule has 6 nitrogen and oxygen atoms in total. The van der Waals surface area contributed by atoms with Gasteiger partial charge in [0.05, 0.1) is 11.3 Å². The molecular formula is C30H32N6. The van der Waals surface area contributed by atoms with Crippen LogP contribution in [0.5, 0.6) is 0 Å². The second kappa shape index (κ2) is 11.2. The summed E-state index contributed by atoms with van der Waals surface area (Å²) in [5, 5.41) is 17.9.